The quantitative estimate of drug-likeness (QED) is 0.859. The third kappa shape index (κ3) is 4.58. The van der Waals surface area contributed by atoms with Gasteiger partial charge in [0.25, 0.3) is 0 Å². The molecule has 0 bridgehead atoms. The van der Waals surface area contributed by atoms with E-state index >= 15 is 0 Å². The number of alkyl halides is 3. The van der Waals surface area contributed by atoms with Gasteiger partial charge in [-0.15, -0.1) is 0 Å². The van der Waals surface area contributed by atoms with Crippen molar-refractivity contribution in [3.8, 4) is 0 Å². The second kappa shape index (κ2) is 7.17. The van der Waals surface area contributed by atoms with Crippen LogP contribution in [0.15, 0.2) is 36.9 Å². The molecule has 1 aliphatic rings. The first-order valence-electron chi connectivity index (χ1n) is 7.65. The van der Waals surface area contributed by atoms with Gasteiger partial charge in [-0.25, -0.2) is 0 Å². The van der Waals surface area contributed by atoms with E-state index in [1.807, 2.05) is 6.92 Å². The summed E-state index contributed by atoms with van der Waals surface area (Å²) in [6, 6.07) is 5.52. The van der Waals surface area contributed by atoms with E-state index in [1.54, 1.807) is 12.1 Å². The maximum Gasteiger partial charge on any atom is 0.416 e. The van der Waals surface area contributed by atoms with Crippen molar-refractivity contribution in [1.29, 1.82) is 0 Å². The highest BCUT2D eigenvalue weighted by molar-refractivity contribution is 5.87. The van der Waals surface area contributed by atoms with E-state index in [0.717, 1.165) is 43.6 Å². The molecule has 2 rings (SSSR count). The Morgan fingerprint density at radius 1 is 1.30 bits per heavy atom. The molecule has 0 spiro atoms. The Labute approximate surface area is 134 Å². The SMILES string of the molecule is C=CC(=O)NC1CCN([C@H](C)c2ccc(C(F)(F)F)cc2)CC1. The largest absolute Gasteiger partial charge is 0.416 e. The molecule has 1 N–H and O–H groups in total. The fourth-order valence-corrected chi connectivity index (χ4v) is 2.85. The van der Waals surface area contributed by atoms with E-state index < -0.39 is 11.7 Å². The summed E-state index contributed by atoms with van der Waals surface area (Å²) in [5.74, 6) is -0.167. The van der Waals surface area contributed by atoms with Crippen molar-refractivity contribution in [2.45, 2.75) is 38.0 Å². The molecule has 1 aromatic carbocycles. The Balaban J connectivity index is 1.93. The topological polar surface area (TPSA) is 32.3 Å². The smallest absolute Gasteiger partial charge is 0.350 e. The van der Waals surface area contributed by atoms with Gasteiger partial charge in [-0.3, -0.25) is 9.69 Å². The Morgan fingerprint density at radius 3 is 2.35 bits per heavy atom. The molecule has 1 amide bonds. The summed E-state index contributed by atoms with van der Waals surface area (Å²) in [6.45, 7) is 7.01. The van der Waals surface area contributed by atoms with Gasteiger partial charge in [0.15, 0.2) is 0 Å². The van der Waals surface area contributed by atoms with Gasteiger partial charge in [0.05, 0.1) is 5.56 Å². The highest BCUT2D eigenvalue weighted by Crippen LogP contribution is 2.31. The average molecular weight is 326 g/mol. The second-order valence-corrected chi connectivity index (χ2v) is 5.82. The lowest BCUT2D eigenvalue weighted by Gasteiger charge is -2.36. The fraction of sp³-hybridized carbons (Fsp3) is 0.471. The van der Waals surface area contributed by atoms with Crippen LogP contribution in [0.5, 0.6) is 0 Å². The highest BCUT2D eigenvalue weighted by Gasteiger charge is 2.30. The predicted molar refractivity (Wildman–Crippen MR) is 82.8 cm³/mol. The van der Waals surface area contributed by atoms with E-state index in [4.69, 9.17) is 0 Å². The van der Waals surface area contributed by atoms with Gasteiger partial charge in [-0.05, 0) is 43.5 Å². The third-order valence-corrected chi connectivity index (χ3v) is 4.33. The third-order valence-electron chi connectivity index (χ3n) is 4.33. The summed E-state index contributed by atoms with van der Waals surface area (Å²) < 4.78 is 37.8. The highest BCUT2D eigenvalue weighted by atomic mass is 19.4. The second-order valence-electron chi connectivity index (χ2n) is 5.82. The maximum atomic E-state index is 12.6. The zero-order valence-electron chi connectivity index (χ0n) is 13.1. The van der Waals surface area contributed by atoms with Crippen molar-refractivity contribution in [3.05, 3.63) is 48.0 Å². The number of rotatable bonds is 4. The van der Waals surface area contributed by atoms with Crippen molar-refractivity contribution < 1.29 is 18.0 Å². The number of nitrogens with one attached hydrogen (secondary N) is 1. The molecule has 3 nitrogen and oxygen atoms in total. The number of carbonyl (C=O) groups excluding carboxylic acids is 1. The summed E-state index contributed by atoms with van der Waals surface area (Å²) in [7, 11) is 0. The van der Waals surface area contributed by atoms with Gasteiger partial charge in [-0.1, -0.05) is 18.7 Å². The summed E-state index contributed by atoms with van der Waals surface area (Å²) in [5, 5.41) is 2.88. The van der Waals surface area contributed by atoms with Crippen LogP contribution in [0.25, 0.3) is 0 Å². The molecule has 0 saturated carbocycles. The van der Waals surface area contributed by atoms with Gasteiger partial charge < -0.3 is 5.32 Å². The molecule has 126 valence electrons. The fourth-order valence-electron chi connectivity index (χ4n) is 2.85. The van der Waals surface area contributed by atoms with Crippen molar-refractivity contribution in [3.63, 3.8) is 0 Å². The minimum Gasteiger partial charge on any atom is -0.350 e. The van der Waals surface area contributed by atoms with E-state index in [9.17, 15) is 18.0 Å². The normalized spacial score (nSPS) is 18.4. The van der Waals surface area contributed by atoms with Gasteiger partial charge in [0.2, 0.25) is 5.91 Å². The molecule has 0 aliphatic carbocycles. The molecule has 0 unspecified atom stereocenters. The van der Waals surface area contributed by atoms with Gasteiger partial charge in [0, 0.05) is 25.2 Å². The van der Waals surface area contributed by atoms with Crippen molar-refractivity contribution >= 4 is 5.91 Å². The van der Waals surface area contributed by atoms with E-state index in [1.165, 1.54) is 6.08 Å². The van der Waals surface area contributed by atoms with Crippen LogP contribution in [-0.4, -0.2) is 29.9 Å². The number of hydrogen-bond donors (Lipinski definition) is 1. The lowest BCUT2D eigenvalue weighted by molar-refractivity contribution is -0.137. The van der Waals surface area contributed by atoms with E-state index in [0.29, 0.717) is 0 Å². The number of likely N-dealkylation sites (tertiary alicyclic amines) is 1. The Bertz CT molecular complexity index is 546. The number of nitrogens with zero attached hydrogens (tertiary/aromatic N) is 1. The summed E-state index contributed by atoms with van der Waals surface area (Å²) >= 11 is 0. The standard InChI is InChI=1S/C17H21F3N2O/c1-3-16(23)21-15-8-10-22(11-9-15)12(2)13-4-6-14(7-5-13)17(18,19)20/h3-7,12,15H,1,8-11H2,2H3,(H,21,23)/t12-/m1/s1. The molecule has 1 heterocycles. The van der Waals surface area contributed by atoms with Crippen LogP contribution in [0.1, 0.15) is 36.9 Å². The van der Waals surface area contributed by atoms with Crippen LogP contribution >= 0.6 is 0 Å². The first-order valence-corrected chi connectivity index (χ1v) is 7.65. The molecule has 0 radical (unpaired) electrons. The zero-order valence-corrected chi connectivity index (χ0v) is 13.1. The number of amides is 1. The lowest BCUT2D eigenvalue weighted by atomic mass is 9.99. The first kappa shape index (κ1) is 17.5. The Hall–Kier alpha value is -1.82. The van der Waals surface area contributed by atoms with E-state index in [2.05, 4.69) is 16.8 Å². The molecule has 0 aromatic heterocycles. The van der Waals surface area contributed by atoms with Gasteiger partial charge in [0.1, 0.15) is 0 Å². The van der Waals surface area contributed by atoms with Crippen LogP contribution in [0.3, 0.4) is 0 Å². The molecule has 1 aliphatic heterocycles. The molecule has 1 atom stereocenters. The van der Waals surface area contributed by atoms with Crippen molar-refractivity contribution in [2.24, 2.45) is 0 Å². The molecular formula is C17H21F3N2O. The van der Waals surface area contributed by atoms with E-state index in [-0.39, 0.29) is 18.0 Å². The lowest BCUT2D eigenvalue weighted by Crippen LogP contribution is -2.44. The number of piperidine rings is 1. The molecule has 1 fully saturated rings. The van der Waals surface area contributed by atoms with Gasteiger partial charge in [-0.2, -0.15) is 13.2 Å². The summed E-state index contributed by atoms with van der Waals surface area (Å²) in [6.07, 6.45) is -1.39. The van der Waals surface area contributed by atoms with Crippen LogP contribution < -0.4 is 5.32 Å². The molecular weight excluding hydrogens is 305 g/mol. The Morgan fingerprint density at radius 2 is 1.87 bits per heavy atom. The predicted octanol–water partition coefficient (Wildman–Crippen LogP) is 3.53. The average Bonchev–Trinajstić information content (AvgIpc) is 2.54. The number of carbonyl (C=O) groups is 1. The minimum atomic E-state index is -4.30. The minimum absolute atomic E-state index is 0.0494. The van der Waals surface area contributed by atoms with Crippen LogP contribution in [-0.2, 0) is 11.0 Å². The number of hydrogen-bond acceptors (Lipinski definition) is 2. The molecule has 6 heteroatoms. The summed E-state index contributed by atoms with van der Waals surface area (Å²) in [5.41, 5.74) is 0.242. The van der Waals surface area contributed by atoms with Gasteiger partial charge >= 0.3 is 6.18 Å². The zero-order chi connectivity index (χ0) is 17.0. The summed E-state index contributed by atoms with van der Waals surface area (Å²) in [4.78, 5) is 13.5. The number of halogens is 3. The first-order chi connectivity index (χ1) is 10.8. The van der Waals surface area contributed by atoms with Crippen LogP contribution in [0, 0.1) is 0 Å². The maximum absolute atomic E-state index is 12.6. The van der Waals surface area contributed by atoms with Crippen LogP contribution in [0.2, 0.25) is 0 Å². The molecule has 1 saturated heterocycles. The Kier molecular flexibility index (Phi) is 5.46. The number of benzene rings is 1. The molecule has 23 heavy (non-hydrogen) atoms. The van der Waals surface area contributed by atoms with Crippen molar-refractivity contribution in [1.82, 2.24) is 10.2 Å². The monoisotopic (exact) mass is 326 g/mol. The molecule has 1 aromatic rings. The van der Waals surface area contributed by atoms with Crippen LogP contribution in [0.4, 0.5) is 13.2 Å². The van der Waals surface area contributed by atoms with Crippen molar-refractivity contribution in [2.75, 3.05) is 13.1 Å².